The Kier molecular flexibility index (Phi) is 5.74. The van der Waals surface area contributed by atoms with E-state index in [2.05, 4.69) is 6.92 Å². The van der Waals surface area contributed by atoms with Crippen molar-refractivity contribution in [3.8, 4) is 0 Å². The summed E-state index contributed by atoms with van der Waals surface area (Å²) in [7, 11) is 2.00. The second kappa shape index (κ2) is 7.11. The van der Waals surface area contributed by atoms with Crippen LogP contribution < -0.4 is 0 Å². The molecule has 0 atom stereocenters. The Bertz CT molecular complexity index is 246. The molecule has 2 rings (SSSR count). The van der Waals surface area contributed by atoms with Gasteiger partial charge in [0.1, 0.15) is 0 Å². The molecule has 0 radical (unpaired) electrons. The van der Waals surface area contributed by atoms with Gasteiger partial charge in [-0.05, 0) is 37.5 Å². The third kappa shape index (κ3) is 3.17. The van der Waals surface area contributed by atoms with Crippen molar-refractivity contribution in [2.24, 2.45) is 5.41 Å². The van der Waals surface area contributed by atoms with Crippen LogP contribution in [0.1, 0.15) is 96.8 Å². The molecule has 0 spiro atoms. The molecule has 0 aromatic carbocycles. The lowest BCUT2D eigenvalue weighted by molar-refractivity contribution is -0.154. The predicted octanol–water partition coefficient (Wildman–Crippen LogP) is 5.87. The minimum absolute atomic E-state index is 0.236. The number of ether oxygens (including phenoxy) is 1. The van der Waals surface area contributed by atoms with Gasteiger partial charge in [0.15, 0.2) is 0 Å². The Balaban J connectivity index is 2.13. The molecule has 0 amide bonds. The predicted molar refractivity (Wildman–Crippen MR) is 82.5 cm³/mol. The zero-order valence-corrected chi connectivity index (χ0v) is 13.3. The van der Waals surface area contributed by atoms with Gasteiger partial charge in [-0.25, -0.2) is 0 Å². The van der Waals surface area contributed by atoms with Crippen LogP contribution in [0.4, 0.5) is 0 Å². The molecule has 19 heavy (non-hydrogen) atoms. The van der Waals surface area contributed by atoms with E-state index in [9.17, 15) is 0 Å². The van der Waals surface area contributed by atoms with Crippen LogP contribution in [0.25, 0.3) is 0 Å². The SMILES string of the molecule is CCCCCC1(C2(OC)CCCCC2)CCCCC1. The minimum Gasteiger partial charge on any atom is -0.378 e. The average Bonchev–Trinajstić information content (AvgIpc) is 2.49. The summed E-state index contributed by atoms with van der Waals surface area (Å²) in [6.07, 6.45) is 19.7. The molecule has 0 aliphatic heterocycles. The van der Waals surface area contributed by atoms with Crippen LogP contribution in [-0.2, 0) is 4.74 Å². The van der Waals surface area contributed by atoms with Gasteiger partial charge in [-0.3, -0.25) is 0 Å². The van der Waals surface area contributed by atoms with Crippen molar-refractivity contribution in [1.82, 2.24) is 0 Å². The van der Waals surface area contributed by atoms with Crippen molar-refractivity contribution in [2.45, 2.75) is 102 Å². The van der Waals surface area contributed by atoms with Crippen molar-refractivity contribution < 1.29 is 4.74 Å². The van der Waals surface area contributed by atoms with Crippen LogP contribution in [0, 0.1) is 5.41 Å². The Morgan fingerprint density at radius 2 is 1.37 bits per heavy atom. The fourth-order valence-corrected chi connectivity index (χ4v) is 4.95. The van der Waals surface area contributed by atoms with E-state index in [1.165, 1.54) is 89.9 Å². The van der Waals surface area contributed by atoms with Gasteiger partial charge >= 0.3 is 0 Å². The molecule has 0 N–H and O–H groups in total. The Hall–Kier alpha value is -0.0400. The van der Waals surface area contributed by atoms with Crippen LogP contribution >= 0.6 is 0 Å². The average molecular weight is 266 g/mol. The molecule has 0 heterocycles. The number of rotatable bonds is 6. The maximum Gasteiger partial charge on any atom is 0.0734 e. The van der Waals surface area contributed by atoms with Crippen LogP contribution in [-0.4, -0.2) is 12.7 Å². The summed E-state index contributed by atoms with van der Waals surface area (Å²) >= 11 is 0. The standard InChI is InChI=1S/C18H34O/c1-3-4-7-12-17(13-8-5-9-14-17)18(19-2)15-10-6-11-16-18/h3-16H2,1-2H3. The molecule has 2 fully saturated rings. The molecular formula is C18H34O. The maximum atomic E-state index is 6.25. The topological polar surface area (TPSA) is 9.23 Å². The van der Waals surface area contributed by atoms with Gasteiger partial charge in [-0.2, -0.15) is 0 Å². The first kappa shape index (κ1) is 15.4. The zero-order valence-electron chi connectivity index (χ0n) is 13.3. The maximum absolute atomic E-state index is 6.25. The smallest absolute Gasteiger partial charge is 0.0734 e. The van der Waals surface area contributed by atoms with Crippen molar-refractivity contribution in [2.75, 3.05) is 7.11 Å². The summed E-state index contributed by atoms with van der Waals surface area (Å²) in [6.45, 7) is 2.32. The van der Waals surface area contributed by atoms with Gasteiger partial charge in [-0.15, -0.1) is 0 Å². The minimum atomic E-state index is 0.236. The normalized spacial score (nSPS) is 26.2. The van der Waals surface area contributed by atoms with Crippen molar-refractivity contribution in [3.05, 3.63) is 0 Å². The van der Waals surface area contributed by atoms with E-state index in [0.717, 1.165) is 0 Å². The van der Waals surface area contributed by atoms with Gasteiger partial charge in [0, 0.05) is 7.11 Å². The molecule has 0 bridgehead atoms. The van der Waals surface area contributed by atoms with E-state index in [0.29, 0.717) is 5.41 Å². The van der Waals surface area contributed by atoms with E-state index in [1.807, 2.05) is 7.11 Å². The first-order valence-corrected chi connectivity index (χ1v) is 8.84. The third-order valence-corrected chi connectivity index (χ3v) is 6.09. The molecule has 0 saturated heterocycles. The van der Waals surface area contributed by atoms with Crippen LogP contribution in [0.2, 0.25) is 0 Å². The molecule has 0 unspecified atom stereocenters. The molecule has 0 aromatic heterocycles. The third-order valence-electron chi connectivity index (χ3n) is 6.09. The van der Waals surface area contributed by atoms with Gasteiger partial charge in [0.05, 0.1) is 5.60 Å². The number of hydrogen-bond donors (Lipinski definition) is 0. The molecule has 1 heteroatoms. The van der Waals surface area contributed by atoms with E-state index in [-0.39, 0.29) is 5.60 Å². The Morgan fingerprint density at radius 1 is 0.789 bits per heavy atom. The lowest BCUT2D eigenvalue weighted by Crippen LogP contribution is -2.52. The molecule has 2 aliphatic rings. The molecule has 2 saturated carbocycles. The first-order valence-electron chi connectivity index (χ1n) is 8.84. The quantitative estimate of drug-likeness (QED) is 0.547. The first-order chi connectivity index (χ1) is 9.29. The molecule has 112 valence electrons. The Labute approximate surface area is 120 Å². The molecule has 2 aliphatic carbocycles. The van der Waals surface area contributed by atoms with Gasteiger partial charge in [0.2, 0.25) is 0 Å². The zero-order chi connectivity index (χ0) is 13.6. The summed E-state index contributed by atoms with van der Waals surface area (Å²) in [5.41, 5.74) is 0.759. The fraction of sp³-hybridized carbons (Fsp3) is 1.00. The Morgan fingerprint density at radius 3 is 1.89 bits per heavy atom. The summed E-state index contributed by atoms with van der Waals surface area (Å²) in [5, 5.41) is 0. The van der Waals surface area contributed by atoms with Crippen LogP contribution in [0.15, 0.2) is 0 Å². The number of methoxy groups -OCH3 is 1. The lowest BCUT2D eigenvalue weighted by Gasteiger charge is -2.54. The highest BCUT2D eigenvalue weighted by Crippen LogP contribution is 2.55. The summed E-state index contributed by atoms with van der Waals surface area (Å²) in [4.78, 5) is 0. The summed E-state index contributed by atoms with van der Waals surface area (Å²) in [6, 6.07) is 0. The van der Waals surface area contributed by atoms with Crippen molar-refractivity contribution in [3.63, 3.8) is 0 Å². The van der Waals surface area contributed by atoms with Gasteiger partial charge in [-0.1, -0.05) is 64.7 Å². The van der Waals surface area contributed by atoms with Crippen LogP contribution in [0.3, 0.4) is 0 Å². The second-order valence-corrected chi connectivity index (χ2v) is 7.06. The highest BCUT2D eigenvalue weighted by molar-refractivity contribution is 5.02. The van der Waals surface area contributed by atoms with E-state index < -0.39 is 0 Å². The highest BCUT2D eigenvalue weighted by Gasteiger charge is 2.51. The summed E-state index contributed by atoms with van der Waals surface area (Å²) in [5.74, 6) is 0. The van der Waals surface area contributed by atoms with E-state index >= 15 is 0 Å². The van der Waals surface area contributed by atoms with E-state index in [4.69, 9.17) is 4.74 Å². The number of hydrogen-bond acceptors (Lipinski definition) is 1. The monoisotopic (exact) mass is 266 g/mol. The summed E-state index contributed by atoms with van der Waals surface area (Å²) < 4.78 is 6.25. The van der Waals surface area contributed by atoms with Crippen molar-refractivity contribution in [1.29, 1.82) is 0 Å². The molecular weight excluding hydrogens is 232 g/mol. The highest BCUT2D eigenvalue weighted by atomic mass is 16.5. The van der Waals surface area contributed by atoms with Gasteiger partial charge in [0.25, 0.3) is 0 Å². The second-order valence-electron chi connectivity index (χ2n) is 7.06. The van der Waals surface area contributed by atoms with Gasteiger partial charge < -0.3 is 4.74 Å². The lowest BCUT2D eigenvalue weighted by atomic mass is 9.56. The fourth-order valence-electron chi connectivity index (χ4n) is 4.95. The van der Waals surface area contributed by atoms with Crippen LogP contribution in [0.5, 0.6) is 0 Å². The number of unbranched alkanes of at least 4 members (excludes halogenated alkanes) is 2. The largest absolute Gasteiger partial charge is 0.378 e. The molecule has 0 aromatic rings. The van der Waals surface area contributed by atoms with E-state index in [1.54, 1.807) is 0 Å². The molecule has 1 nitrogen and oxygen atoms in total. The van der Waals surface area contributed by atoms with Crippen molar-refractivity contribution >= 4 is 0 Å².